The molecule has 2 heterocycles. The van der Waals surface area contributed by atoms with Crippen molar-refractivity contribution in [2.24, 2.45) is 0 Å². The molecule has 0 aliphatic rings. The number of hydrogen-bond donors (Lipinski definition) is 1. The number of aromatic nitrogens is 1. The Kier molecular flexibility index (Phi) is 3.78. The minimum absolute atomic E-state index is 0.174. The number of esters is 1. The third-order valence-electron chi connectivity index (χ3n) is 2.22. The minimum atomic E-state index is -0.518. The summed E-state index contributed by atoms with van der Waals surface area (Å²) < 4.78 is 10.1. The molecule has 0 bridgehead atoms. The molecule has 0 fully saturated rings. The van der Waals surface area contributed by atoms with Crippen molar-refractivity contribution in [3.8, 4) is 5.88 Å². The van der Waals surface area contributed by atoms with E-state index in [2.05, 4.69) is 9.72 Å². The van der Waals surface area contributed by atoms with E-state index in [4.69, 9.17) is 10.5 Å². The number of anilines is 1. The number of rotatable bonds is 4. The van der Waals surface area contributed by atoms with Gasteiger partial charge in [0.15, 0.2) is 5.69 Å². The second kappa shape index (κ2) is 5.50. The summed E-state index contributed by atoms with van der Waals surface area (Å²) in [6.45, 7) is 0.374. The van der Waals surface area contributed by atoms with E-state index in [9.17, 15) is 4.79 Å². The van der Waals surface area contributed by atoms with Crippen LogP contribution in [0.3, 0.4) is 0 Å². The van der Waals surface area contributed by atoms with E-state index < -0.39 is 5.97 Å². The number of nitrogens with two attached hydrogens (primary N) is 1. The average molecular weight is 264 g/mol. The highest BCUT2D eigenvalue weighted by Gasteiger charge is 2.11. The zero-order chi connectivity index (χ0) is 13.0. The number of carbonyl (C=O) groups is 1. The van der Waals surface area contributed by atoms with E-state index in [1.54, 1.807) is 17.4 Å². The lowest BCUT2D eigenvalue weighted by Crippen LogP contribution is -2.07. The maximum Gasteiger partial charge on any atom is 0.356 e. The van der Waals surface area contributed by atoms with Crippen LogP contribution >= 0.6 is 11.3 Å². The summed E-state index contributed by atoms with van der Waals surface area (Å²) in [5, 5.41) is 1.96. The molecule has 0 radical (unpaired) electrons. The Morgan fingerprint density at radius 3 is 2.94 bits per heavy atom. The van der Waals surface area contributed by atoms with Crippen molar-refractivity contribution in [3.63, 3.8) is 0 Å². The maximum atomic E-state index is 11.3. The SMILES string of the molecule is COC(=O)c1ccc(N)c(OCc2cccs2)n1. The van der Waals surface area contributed by atoms with Crippen molar-refractivity contribution in [1.29, 1.82) is 0 Å². The van der Waals surface area contributed by atoms with Crippen LogP contribution in [0.2, 0.25) is 0 Å². The molecule has 94 valence electrons. The summed E-state index contributed by atoms with van der Waals surface area (Å²) in [4.78, 5) is 16.4. The molecule has 0 saturated heterocycles. The first-order valence-electron chi connectivity index (χ1n) is 5.20. The van der Waals surface area contributed by atoms with E-state index in [0.29, 0.717) is 12.3 Å². The lowest BCUT2D eigenvalue weighted by Gasteiger charge is -2.07. The quantitative estimate of drug-likeness (QED) is 0.856. The first kappa shape index (κ1) is 12.4. The Labute approximate surface area is 108 Å². The van der Waals surface area contributed by atoms with Crippen LogP contribution in [0.5, 0.6) is 5.88 Å². The largest absolute Gasteiger partial charge is 0.470 e. The van der Waals surface area contributed by atoms with E-state index >= 15 is 0 Å². The van der Waals surface area contributed by atoms with Crippen LogP contribution in [0.4, 0.5) is 5.69 Å². The number of hydrogen-bond acceptors (Lipinski definition) is 6. The van der Waals surface area contributed by atoms with E-state index in [-0.39, 0.29) is 11.6 Å². The highest BCUT2D eigenvalue weighted by atomic mass is 32.1. The molecular weight excluding hydrogens is 252 g/mol. The lowest BCUT2D eigenvalue weighted by molar-refractivity contribution is 0.0593. The van der Waals surface area contributed by atoms with Crippen molar-refractivity contribution >= 4 is 23.0 Å². The molecular formula is C12H12N2O3S. The molecule has 5 nitrogen and oxygen atoms in total. The van der Waals surface area contributed by atoms with Crippen LogP contribution in [-0.2, 0) is 11.3 Å². The van der Waals surface area contributed by atoms with E-state index in [1.165, 1.54) is 13.2 Å². The predicted molar refractivity (Wildman–Crippen MR) is 68.6 cm³/mol. The van der Waals surface area contributed by atoms with Crippen molar-refractivity contribution in [3.05, 3.63) is 40.2 Å². The fourth-order valence-corrected chi connectivity index (χ4v) is 1.94. The Hall–Kier alpha value is -2.08. The molecule has 0 unspecified atom stereocenters. The van der Waals surface area contributed by atoms with Gasteiger partial charge in [-0.2, -0.15) is 0 Å². The van der Waals surface area contributed by atoms with Gasteiger partial charge in [-0.05, 0) is 23.6 Å². The smallest absolute Gasteiger partial charge is 0.356 e. The van der Waals surface area contributed by atoms with Gasteiger partial charge in [-0.1, -0.05) is 6.07 Å². The molecule has 2 aromatic heterocycles. The highest BCUT2D eigenvalue weighted by Crippen LogP contribution is 2.21. The zero-order valence-electron chi connectivity index (χ0n) is 9.75. The first-order chi connectivity index (χ1) is 8.70. The summed E-state index contributed by atoms with van der Waals surface area (Å²) in [6, 6.07) is 6.96. The Bertz CT molecular complexity index is 540. The maximum absolute atomic E-state index is 11.3. The number of thiophene rings is 1. The normalized spacial score (nSPS) is 10.1. The van der Waals surface area contributed by atoms with Crippen LogP contribution in [0.25, 0.3) is 0 Å². The van der Waals surface area contributed by atoms with Gasteiger partial charge >= 0.3 is 5.97 Å². The van der Waals surface area contributed by atoms with Gasteiger partial charge in [-0.25, -0.2) is 9.78 Å². The van der Waals surface area contributed by atoms with Crippen LogP contribution in [-0.4, -0.2) is 18.1 Å². The van der Waals surface area contributed by atoms with Gasteiger partial charge in [-0.15, -0.1) is 11.3 Å². The number of nitrogen functional groups attached to an aromatic ring is 1. The van der Waals surface area contributed by atoms with Crippen LogP contribution in [0.1, 0.15) is 15.4 Å². The first-order valence-corrected chi connectivity index (χ1v) is 6.08. The van der Waals surface area contributed by atoms with Crippen molar-refractivity contribution in [1.82, 2.24) is 4.98 Å². The Morgan fingerprint density at radius 1 is 1.44 bits per heavy atom. The van der Waals surface area contributed by atoms with Crippen LogP contribution in [0, 0.1) is 0 Å². The third kappa shape index (κ3) is 2.78. The number of nitrogens with zero attached hydrogens (tertiary/aromatic N) is 1. The molecule has 0 aliphatic heterocycles. The number of pyridine rings is 1. The summed E-state index contributed by atoms with van der Waals surface area (Å²) >= 11 is 1.58. The van der Waals surface area contributed by atoms with Gasteiger partial charge in [0.25, 0.3) is 0 Å². The molecule has 0 spiro atoms. The van der Waals surface area contributed by atoms with E-state index in [0.717, 1.165) is 4.88 Å². The van der Waals surface area contributed by atoms with Crippen LogP contribution in [0.15, 0.2) is 29.6 Å². The van der Waals surface area contributed by atoms with Gasteiger partial charge in [0.2, 0.25) is 5.88 Å². The third-order valence-corrected chi connectivity index (χ3v) is 3.07. The van der Waals surface area contributed by atoms with Gasteiger partial charge < -0.3 is 15.2 Å². The molecule has 18 heavy (non-hydrogen) atoms. The fraction of sp³-hybridized carbons (Fsp3) is 0.167. The van der Waals surface area contributed by atoms with Crippen molar-refractivity contribution < 1.29 is 14.3 Å². The number of carbonyl (C=O) groups excluding carboxylic acids is 1. The minimum Gasteiger partial charge on any atom is -0.470 e. The van der Waals surface area contributed by atoms with Gasteiger partial charge in [0, 0.05) is 4.88 Å². The van der Waals surface area contributed by atoms with Gasteiger partial charge in [-0.3, -0.25) is 0 Å². The molecule has 6 heteroatoms. The van der Waals surface area contributed by atoms with E-state index in [1.807, 2.05) is 17.5 Å². The summed E-state index contributed by atoms with van der Waals surface area (Å²) in [6.07, 6.45) is 0. The molecule has 0 amide bonds. The predicted octanol–water partition coefficient (Wildman–Crippen LogP) is 2.09. The summed E-state index contributed by atoms with van der Waals surface area (Å²) in [7, 11) is 1.30. The van der Waals surface area contributed by atoms with Crippen molar-refractivity contribution in [2.75, 3.05) is 12.8 Å². The second-order valence-corrected chi connectivity index (χ2v) is 4.48. The monoisotopic (exact) mass is 264 g/mol. The van der Waals surface area contributed by atoms with Crippen LogP contribution < -0.4 is 10.5 Å². The molecule has 2 rings (SSSR count). The molecule has 2 N–H and O–H groups in total. The van der Waals surface area contributed by atoms with Gasteiger partial charge in [0.1, 0.15) is 6.61 Å². The Morgan fingerprint density at radius 2 is 2.28 bits per heavy atom. The van der Waals surface area contributed by atoms with Crippen molar-refractivity contribution in [2.45, 2.75) is 6.61 Å². The fourth-order valence-electron chi connectivity index (χ4n) is 1.32. The van der Waals surface area contributed by atoms with Gasteiger partial charge in [0.05, 0.1) is 12.8 Å². The molecule has 0 atom stereocenters. The standard InChI is InChI=1S/C12H12N2O3S/c1-16-12(15)10-5-4-9(13)11(14-10)17-7-8-3-2-6-18-8/h2-6H,7,13H2,1H3. The molecule has 0 saturated carbocycles. The molecule has 0 aliphatic carbocycles. The summed E-state index contributed by atoms with van der Waals surface area (Å²) in [5.41, 5.74) is 6.30. The molecule has 0 aromatic carbocycles. The summed E-state index contributed by atoms with van der Waals surface area (Å²) in [5.74, 6) is -0.276. The number of ether oxygens (including phenoxy) is 2. The molecule has 2 aromatic rings. The number of methoxy groups -OCH3 is 1. The Balaban J connectivity index is 2.13. The average Bonchev–Trinajstić information content (AvgIpc) is 2.90. The second-order valence-electron chi connectivity index (χ2n) is 3.45. The topological polar surface area (TPSA) is 74.4 Å². The lowest BCUT2D eigenvalue weighted by atomic mass is 10.3. The highest BCUT2D eigenvalue weighted by molar-refractivity contribution is 7.09. The zero-order valence-corrected chi connectivity index (χ0v) is 10.6.